The fraction of sp³-hybridized carbons (Fsp3) is 0.938. The van der Waals surface area contributed by atoms with E-state index in [1.165, 1.54) is 57.8 Å². The van der Waals surface area contributed by atoms with E-state index in [2.05, 4.69) is 11.8 Å². The van der Waals surface area contributed by atoms with Gasteiger partial charge in [-0.15, -0.1) is 0 Å². The molecule has 2 nitrogen and oxygen atoms in total. The molecule has 1 saturated heterocycles. The first-order valence-corrected chi connectivity index (χ1v) is 8.61. The maximum absolute atomic E-state index is 5.49. The molecule has 0 bridgehead atoms. The average molecular weight is 285 g/mol. The SMILES string of the molecule is CCCCCCCCCCCC(=S)N1CCOCC1. The summed E-state index contributed by atoms with van der Waals surface area (Å²) < 4.78 is 5.35. The molecule has 0 spiro atoms. The Morgan fingerprint density at radius 1 is 0.895 bits per heavy atom. The second-order valence-electron chi connectivity index (χ2n) is 5.57. The van der Waals surface area contributed by atoms with E-state index in [1.54, 1.807) is 0 Å². The minimum atomic E-state index is 0.845. The molecule has 1 fully saturated rings. The van der Waals surface area contributed by atoms with Crippen molar-refractivity contribution in [2.24, 2.45) is 0 Å². The summed E-state index contributed by atoms with van der Waals surface area (Å²) in [6.45, 7) is 5.96. The lowest BCUT2D eigenvalue weighted by atomic mass is 10.1. The predicted octanol–water partition coefficient (Wildman–Crippen LogP) is 4.57. The van der Waals surface area contributed by atoms with E-state index < -0.39 is 0 Å². The number of hydrogen-bond acceptors (Lipinski definition) is 2. The van der Waals surface area contributed by atoms with E-state index in [0.717, 1.165) is 37.7 Å². The lowest BCUT2D eigenvalue weighted by molar-refractivity contribution is 0.0682. The van der Waals surface area contributed by atoms with E-state index in [4.69, 9.17) is 17.0 Å². The minimum Gasteiger partial charge on any atom is -0.378 e. The highest BCUT2D eigenvalue weighted by Crippen LogP contribution is 2.12. The molecule has 0 aliphatic carbocycles. The molecule has 112 valence electrons. The largest absolute Gasteiger partial charge is 0.378 e. The number of ether oxygens (including phenoxy) is 1. The molecule has 0 aromatic carbocycles. The Hall–Kier alpha value is -0.150. The van der Waals surface area contributed by atoms with Gasteiger partial charge in [-0.1, -0.05) is 70.5 Å². The summed E-state index contributed by atoms with van der Waals surface area (Å²) in [5.74, 6) is 0. The smallest absolute Gasteiger partial charge is 0.0780 e. The third kappa shape index (κ3) is 8.59. The molecule has 0 unspecified atom stereocenters. The first-order valence-electron chi connectivity index (χ1n) is 8.20. The second kappa shape index (κ2) is 11.7. The van der Waals surface area contributed by atoms with Crippen LogP contribution in [-0.2, 0) is 4.74 Å². The van der Waals surface area contributed by atoms with Gasteiger partial charge in [-0.3, -0.25) is 0 Å². The van der Waals surface area contributed by atoms with E-state index in [1.807, 2.05) is 0 Å². The number of rotatable bonds is 10. The molecule has 0 aromatic heterocycles. The first-order chi connectivity index (χ1) is 9.34. The monoisotopic (exact) mass is 285 g/mol. The highest BCUT2D eigenvalue weighted by atomic mass is 32.1. The Morgan fingerprint density at radius 2 is 1.42 bits per heavy atom. The van der Waals surface area contributed by atoms with Gasteiger partial charge in [-0.2, -0.15) is 0 Å². The van der Waals surface area contributed by atoms with Gasteiger partial charge in [0.15, 0.2) is 0 Å². The van der Waals surface area contributed by atoms with Crippen LogP contribution in [0, 0.1) is 0 Å². The molecule has 3 heteroatoms. The predicted molar refractivity (Wildman–Crippen MR) is 86.8 cm³/mol. The van der Waals surface area contributed by atoms with Gasteiger partial charge in [0.2, 0.25) is 0 Å². The van der Waals surface area contributed by atoms with Gasteiger partial charge in [0.05, 0.1) is 18.2 Å². The Balaban J connectivity index is 1.86. The van der Waals surface area contributed by atoms with Crippen molar-refractivity contribution in [1.82, 2.24) is 4.90 Å². The number of hydrogen-bond donors (Lipinski definition) is 0. The Morgan fingerprint density at radius 3 is 2.00 bits per heavy atom. The maximum atomic E-state index is 5.49. The first kappa shape index (κ1) is 16.9. The number of unbranched alkanes of at least 4 members (excludes halogenated alkanes) is 8. The molecule has 19 heavy (non-hydrogen) atoms. The van der Waals surface area contributed by atoms with E-state index in [-0.39, 0.29) is 0 Å². The van der Waals surface area contributed by atoms with Crippen molar-refractivity contribution in [3.05, 3.63) is 0 Å². The minimum absolute atomic E-state index is 0.845. The molecule has 1 aliphatic rings. The molecular weight excluding hydrogens is 254 g/mol. The Labute approximate surface area is 124 Å². The quantitative estimate of drug-likeness (QED) is 0.431. The van der Waals surface area contributed by atoms with Crippen LogP contribution in [0.25, 0.3) is 0 Å². The van der Waals surface area contributed by atoms with Crippen LogP contribution in [0.5, 0.6) is 0 Å². The summed E-state index contributed by atoms with van der Waals surface area (Å²) in [4.78, 5) is 3.48. The van der Waals surface area contributed by atoms with Crippen LogP contribution in [0.1, 0.15) is 71.1 Å². The lowest BCUT2D eigenvalue weighted by Gasteiger charge is -2.29. The number of thiocarbonyl (C=S) groups is 1. The van der Waals surface area contributed by atoms with Crippen LogP contribution >= 0.6 is 12.2 Å². The van der Waals surface area contributed by atoms with Crippen molar-refractivity contribution >= 4 is 17.2 Å². The fourth-order valence-corrected chi connectivity index (χ4v) is 2.88. The van der Waals surface area contributed by atoms with Crippen LogP contribution in [0.3, 0.4) is 0 Å². The molecule has 1 heterocycles. The van der Waals surface area contributed by atoms with E-state index in [0.29, 0.717) is 0 Å². The van der Waals surface area contributed by atoms with Gasteiger partial charge in [-0.25, -0.2) is 0 Å². The maximum Gasteiger partial charge on any atom is 0.0780 e. The summed E-state index contributed by atoms with van der Waals surface area (Å²) in [7, 11) is 0. The third-order valence-corrected chi connectivity index (χ3v) is 4.32. The molecule has 0 radical (unpaired) electrons. The Kier molecular flexibility index (Phi) is 10.4. The van der Waals surface area contributed by atoms with Crippen molar-refractivity contribution in [2.45, 2.75) is 71.1 Å². The molecule has 0 saturated carbocycles. The van der Waals surface area contributed by atoms with Gasteiger partial charge in [0, 0.05) is 13.1 Å². The number of morpholine rings is 1. The Bertz CT molecular complexity index is 227. The van der Waals surface area contributed by atoms with Gasteiger partial charge >= 0.3 is 0 Å². The lowest BCUT2D eigenvalue weighted by Crippen LogP contribution is -2.39. The fourth-order valence-electron chi connectivity index (χ4n) is 2.56. The molecule has 0 N–H and O–H groups in total. The van der Waals surface area contributed by atoms with Gasteiger partial charge in [0.1, 0.15) is 0 Å². The zero-order chi connectivity index (χ0) is 13.8. The second-order valence-corrected chi connectivity index (χ2v) is 6.04. The normalized spacial score (nSPS) is 15.7. The van der Waals surface area contributed by atoms with Crippen molar-refractivity contribution in [1.29, 1.82) is 0 Å². The van der Waals surface area contributed by atoms with Gasteiger partial charge < -0.3 is 9.64 Å². The molecule has 0 amide bonds. The van der Waals surface area contributed by atoms with Gasteiger partial charge in [-0.05, 0) is 12.8 Å². The van der Waals surface area contributed by atoms with E-state index in [9.17, 15) is 0 Å². The summed E-state index contributed by atoms with van der Waals surface area (Å²) in [5, 5.41) is 0. The van der Waals surface area contributed by atoms with E-state index >= 15 is 0 Å². The average Bonchev–Trinajstić information content (AvgIpc) is 2.46. The zero-order valence-corrected chi connectivity index (χ0v) is 13.5. The molecular formula is C16H31NOS. The van der Waals surface area contributed by atoms with Crippen LogP contribution < -0.4 is 0 Å². The molecule has 0 atom stereocenters. The van der Waals surface area contributed by atoms with Crippen molar-refractivity contribution < 1.29 is 4.74 Å². The highest BCUT2D eigenvalue weighted by molar-refractivity contribution is 7.80. The highest BCUT2D eigenvalue weighted by Gasteiger charge is 2.12. The van der Waals surface area contributed by atoms with Crippen molar-refractivity contribution in [3.63, 3.8) is 0 Å². The molecule has 1 aliphatic heterocycles. The van der Waals surface area contributed by atoms with Crippen molar-refractivity contribution in [2.75, 3.05) is 26.3 Å². The molecule has 1 rings (SSSR count). The summed E-state index contributed by atoms with van der Waals surface area (Å²) in [6.07, 6.45) is 13.6. The van der Waals surface area contributed by atoms with Crippen LogP contribution in [0.15, 0.2) is 0 Å². The third-order valence-electron chi connectivity index (χ3n) is 3.86. The van der Waals surface area contributed by atoms with Gasteiger partial charge in [0.25, 0.3) is 0 Å². The van der Waals surface area contributed by atoms with Crippen LogP contribution in [0.2, 0.25) is 0 Å². The van der Waals surface area contributed by atoms with Crippen LogP contribution in [0.4, 0.5) is 0 Å². The van der Waals surface area contributed by atoms with Crippen molar-refractivity contribution in [3.8, 4) is 0 Å². The topological polar surface area (TPSA) is 12.5 Å². The van der Waals surface area contributed by atoms with Crippen LogP contribution in [-0.4, -0.2) is 36.2 Å². The molecule has 0 aromatic rings. The summed E-state index contributed by atoms with van der Waals surface area (Å²) >= 11 is 5.49. The zero-order valence-electron chi connectivity index (χ0n) is 12.7. The standard InChI is InChI=1S/C16H31NOS/c1-2-3-4-5-6-7-8-9-10-11-16(19)17-12-14-18-15-13-17/h2-15H2,1H3. The number of nitrogens with zero attached hydrogens (tertiary/aromatic N) is 1. The summed E-state index contributed by atoms with van der Waals surface area (Å²) in [5.41, 5.74) is 0. The summed E-state index contributed by atoms with van der Waals surface area (Å²) in [6, 6.07) is 0.